The second-order valence-corrected chi connectivity index (χ2v) is 8.35. The van der Waals surface area contributed by atoms with Crippen LogP contribution in [0.1, 0.15) is 40.2 Å². The minimum absolute atomic E-state index is 0.260. The van der Waals surface area contributed by atoms with Crippen molar-refractivity contribution >= 4 is 17.3 Å². The van der Waals surface area contributed by atoms with Gasteiger partial charge in [0.25, 0.3) is 0 Å². The fourth-order valence-electron chi connectivity index (χ4n) is 1.92. The van der Waals surface area contributed by atoms with E-state index in [-0.39, 0.29) is 6.61 Å². The lowest BCUT2D eigenvalue weighted by molar-refractivity contribution is -0.183. The summed E-state index contributed by atoms with van der Waals surface area (Å²) in [5.41, 5.74) is -3.02. The average Bonchev–Trinajstić information content (AvgIpc) is 2.46. The maximum Gasteiger partial charge on any atom is 0.379 e. The van der Waals surface area contributed by atoms with Gasteiger partial charge in [0, 0.05) is 16.9 Å². The quantitative estimate of drug-likeness (QED) is 0.621. The molecule has 0 fully saturated rings. The molecule has 0 bridgehead atoms. The van der Waals surface area contributed by atoms with Crippen LogP contribution in [0.5, 0.6) is 0 Å². The van der Waals surface area contributed by atoms with Crippen molar-refractivity contribution in [1.29, 1.82) is 0 Å². The summed E-state index contributed by atoms with van der Waals surface area (Å²) in [5, 5.41) is 0. The number of carbonyl (C=O) groups excluding carboxylic acids is 1. The molecule has 136 valence electrons. The second kappa shape index (κ2) is 7.33. The zero-order valence-corrected chi connectivity index (χ0v) is 15.1. The number of benzene rings is 1. The van der Waals surface area contributed by atoms with Gasteiger partial charge in [-0.1, -0.05) is 18.2 Å². The summed E-state index contributed by atoms with van der Waals surface area (Å²) in [6.45, 7) is 6.77. The molecule has 1 aromatic carbocycles. The molecule has 0 spiro atoms. The van der Waals surface area contributed by atoms with E-state index in [0.29, 0.717) is 0 Å². The predicted molar refractivity (Wildman–Crippen MR) is 86.4 cm³/mol. The molecule has 24 heavy (non-hydrogen) atoms. The van der Waals surface area contributed by atoms with Crippen LogP contribution < -0.4 is 4.72 Å². The van der Waals surface area contributed by atoms with Gasteiger partial charge in [-0.15, -0.1) is 4.72 Å². The Hall–Kier alpha value is -1.25. The first kappa shape index (κ1) is 20.8. The number of nitrogens with one attached hydrogen (secondary N) is 1. The third-order valence-corrected chi connectivity index (χ3v) is 5.13. The lowest BCUT2D eigenvalue weighted by atomic mass is 9.86. The molecule has 0 aliphatic carbocycles. The van der Waals surface area contributed by atoms with E-state index in [0.717, 1.165) is 19.1 Å². The van der Waals surface area contributed by atoms with Crippen LogP contribution in [0.3, 0.4) is 0 Å². The number of halogens is 3. The summed E-state index contributed by atoms with van der Waals surface area (Å²) < 4.78 is 62.0. The van der Waals surface area contributed by atoms with Crippen LogP contribution in [0.2, 0.25) is 0 Å². The molecule has 0 aromatic heterocycles. The minimum atomic E-state index is -4.15. The second-order valence-electron chi connectivity index (χ2n) is 6.38. The van der Waals surface area contributed by atoms with E-state index < -0.39 is 44.9 Å². The SMILES string of the molecule is CCOC(=O)C(F)(F)[C@](C)(N[S@+]([O-])C(C)(C)C)c1ccccc1F. The maximum atomic E-state index is 14.8. The van der Waals surface area contributed by atoms with E-state index in [4.69, 9.17) is 0 Å². The number of hydrogen-bond donors (Lipinski definition) is 1. The highest BCUT2D eigenvalue weighted by atomic mass is 32.2. The minimum Gasteiger partial charge on any atom is -0.598 e. The van der Waals surface area contributed by atoms with Crippen molar-refractivity contribution in [2.45, 2.75) is 50.8 Å². The van der Waals surface area contributed by atoms with Gasteiger partial charge < -0.3 is 9.29 Å². The van der Waals surface area contributed by atoms with Crippen LogP contribution in [-0.2, 0) is 26.4 Å². The summed E-state index contributed by atoms with van der Waals surface area (Å²) >= 11 is -1.99. The van der Waals surface area contributed by atoms with Crippen LogP contribution >= 0.6 is 0 Å². The number of hydrogen-bond acceptors (Lipinski definition) is 4. The Morgan fingerprint density at radius 1 is 1.25 bits per heavy atom. The fourth-order valence-corrected chi connectivity index (χ4v) is 2.83. The molecule has 0 saturated heterocycles. The van der Waals surface area contributed by atoms with Crippen molar-refractivity contribution in [3.63, 3.8) is 0 Å². The van der Waals surface area contributed by atoms with Crippen LogP contribution in [0.4, 0.5) is 13.2 Å². The largest absolute Gasteiger partial charge is 0.598 e. The average molecular weight is 365 g/mol. The summed E-state index contributed by atoms with van der Waals surface area (Å²) in [6.07, 6.45) is 0. The third kappa shape index (κ3) is 4.04. The van der Waals surface area contributed by atoms with Gasteiger partial charge in [0.1, 0.15) is 10.6 Å². The first-order valence-corrected chi connectivity index (χ1v) is 8.52. The molecule has 1 rings (SSSR count). The normalized spacial score (nSPS) is 16.4. The Bertz CT molecular complexity index is 592. The molecule has 0 amide bonds. The molecule has 0 aliphatic heterocycles. The van der Waals surface area contributed by atoms with Gasteiger partial charge in [-0.2, -0.15) is 8.78 Å². The molecule has 0 saturated carbocycles. The Kier molecular flexibility index (Phi) is 6.35. The Morgan fingerprint density at radius 2 is 1.79 bits per heavy atom. The van der Waals surface area contributed by atoms with Crippen molar-refractivity contribution in [3.05, 3.63) is 35.6 Å². The number of rotatable bonds is 6. The van der Waals surface area contributed by atoms with Crippen molar-refractivity contribution in [2.24, 2.45) is 0 Å². The Labute approximate surface area is 143 Å². The van der Waals surface area contributed by atoms with Gasteiger partial charge in [0.05, 0.1) is 6.61 Å². The molecule has 0 radical (unpaired) electrons. The summed E-state index contributed by atoms with van der Waals surface area (Å²) in [7, 11) is 0. The molecule has 0 aliphatic rings. The van der Waals surface area contributed by atoms with Crippen LogP contribution in [0.15, 0.2) is 24.3 Å². The van der Waals surface area contributed by atoms with Gasteiger partial charge in [0.15, 0.2) is 5.54 Å². The zero-order chi connectivity index (χ0) is 18.8. The molecule has 1 N–H and O–H groups in total. The van der Waals surface area contributed by atoms with E-state index in [2.05, 4.69) is 9.46 Å². The molecule has 1 aromatic rings. The number of carbonyl (C=O) groups is 1. The van der Waals surface area contributed by atoms with Crippen molar-refractivity contribution in [2.75, 3.05) is 6.61 Å². The van der Waals surface area contributed by atoms with E-state index in [1.165, 1.54) is 19.1 Å². The standard InChI is InChI=1S/C16H22F3NO3S/c1-6-23-13(21)16(18,19)15(5,20-24(22)14(2,3)4)11-9-7-8-10-12(11)17/h7-10,20H,6H2,1-5H3/t15-,24-/m1/s1. The molecular formula is C16H22F3NO3S. The number of esters is 1. The third-order valence-electron chi connectivity index (χ3n) is 3.43. The van der Waals surface area contributed by atoms with Gasteiger partial charge >= 0.3 is 11.9 Å². The lowest BCUT2D eigenvalue weighted by Crippen LogP contribution is -2.62. The highest BCUT2D eigenvalue weighted by Crippen LogP contribution is 2.41. The zero-order valence-electron chi connectivity index (χ0n) is 14.3. The Morgan fingerprint density at radius 3 is 2.25 bits per heavy atom. The highest BCUT2D eigenvalue weighted by Gasteiger charge is 2.62. The van der Waals surface area contributed by atoms with Crippen LogP contribution in [0.25, 0.3) is 0 Å². The first-order chi connectivity index (χ1) is 10.9. The van der Waals surface area contributed by atoms with Gasteiger partial charge in [0.2, 0.25) is 0 Å². The van der Waals surface area contributed by atoms with E-state index in [9.17, 15) is 22.5 Å². The molecule has 8 heteroatoms. The first-order valence-electron chi connectivity index (χ1n) is 7.37. The van der Waals surface area contributed by atoms with E-state index in [1.807, 2.05) is 0 Å². The molecule has 0 unspecified atom stereocenters. The maximum absolute atomic E-state index is 14.8. The predicted octanol–water partition coefficient (Wildman–Crippen LogP) is 3.29. The molecule has 0 heterocycles. The van der Waals surface area contributed by atoms with Crippen LogP contribution in [-0.4, -0.2) is 27.8 Å². The van der Waals surface area contributed by atoms with Gasteiger partial charge in [-0.3, -0.25) is 0 Å². The monoisotopic (exact) mass is 365 g/mol. The molecular weight excluding hydrogens is 343 g/mol. The summed E-state index contributed by atoms with van der Waals surface area (Å²) in [4.78, 5) is 11.8. The molecule has 2 atom stereocenters. The van der Waals surface area contributed by atoms with Crippen molar-refractivity contribution < 1.29 is 27.3 Å². The summed E-state index contributed by atoms with van der Waals surface area (Å²) in [6, 6.07) is 4.81. The topological polar surface area (TPSA) is 61.4 Å². The van der Waals surface area contributed by atoms with Gasteiger partial charge in [-0.05, 0) is 40.7 Å². The van der Waals surface area contributed by atoms with E-state index >= 15 is 0 Å². The fraction of sp³-hybridized carbons (Fsp3) is 0.562. The smallest absolute Gasteiger partial charge is 0.379 e. The summed E-state index contributed by atoms with van der Waals surface area (Å²) in [5.74, 6) is -6.90. The molecule has 4 nitrogen and oxygen atoms in total. The van der Waals surface area contributed by atoms with Crippen molar-refractivity contribution in [3.8, 4) is 0 Å². The van der Waals surface area contributed by atoms with Gasteiger partial charge in [-0.25, -0.2) is 9.18 Å². The van der Waals surface area contributed by atoms with Crippen molar-refractivity contribution in [1.82, 2.24) is 4.72 Å². The number of ether oxygens (including phenoxy) is 1. The van der Waals surface area contributed by atoms with E-state index in [1.54, 1.807) is 20.8 Å². The Balaban J connectivity index is 3.47. The number of alkyl halides is 2. The van der Waals surface area contributed by atoms with Crippen LogP contribution in [0, 0.1) is 5.82 Å². The lowest BCUT2D eigenvalue weighted by Gasteiger charge is -2.38. The highest BCUT2D eigenvalue weighted by molar-refractivity contribution is 7.90.